The van der Waals surface area contributed by atoms with Gasteiger partial charge < -0.3 is 23.5 Å². The van der Waals surface area contributed by atoms with Gasteiger partial charge in [-0.3, -0.25) is 0 Å². The van der Waals surface area contributed by atoms with Crippen LogP contribution in [-0.4, -0.2) is 58.7 Å². The van der Waals surface area contributed by atoms with Gasteiger partial charge in [0.2, 0.25) is 9.84 Å². The SMILES string of the molecule is COc1ccc(CCN(C)CCCOc2ccc(S(=O)(=O)c3ccc4ccccn34)cc2)cc1OC. The molecule has 0 bridgehead atoms. The molecule has 7 nitrogen and oxygen atoms in total. The van der Waals surface area contributed by atoms with Gasteiger partial charge in [0.05, 0.1) is 25.7 Å². The normalized spacial score (nSPS) is 11.7. The molecule has 0 amide bonds. The number of hydrogen-bond donors (Lipinski definition) is 0. The molecular weight excluding hydrogens is 476 g/mol. The molecule has 0 fully saturated rings. The number of pyridine rings is 1. The summed E-state index contributed by atoms with van der Waals surface area (Å²) >= 11 is 0. The molecule has 0 aliphatic rings. The fourth-order valence-electron chi connectivity index (χ4n) is 4.08. The first-order valence-corrected chi connectivity index (χ1v) is 13.3. The van der Waals surface area contributed by atoms with Crippen LogP contribution in [0.3, 0.4) is 0 Å². The van der Waals surface area contributed by atoms with Crippen molar-refractivity contribution in [2.75, 3.05) is 41.0 Å². The molecule has 0 spiro atoms. The quantitative estimate of drug-likeness (QED) is 0.258. The average molecular weight is 509 g/mol. The van der Waals surface area contributed by atoms with E-state index in [1.165, 1.54) is 5.56 Å². The van der Waals surface area contributed by atoms with Crippen LogP contribution in [-0.2, 0) is 16.3 Å². The Kier molecular flexibility index (Phi) is 8.18. The van der Waals surface area contributed by atoms with Crippen LogP contribution in [0.4, 0.5) is 0 Å². The highest BCUT2D eigenvalue weighted by atomic mass is 32.2. The predicted molar refractivity (Wildman–Crippen MR) is 140 cm³/mol. The minimum absolute atomic E-state index is 0.244. The molecule has 36 heavy (non-hydrogen) atoms. The number of nitrogens with zero attached hydrogens (tertiary/aromatic N) is 2. The summed E-state index contributed by atoms with van der Waals surface area (Å²) in [7, 11) is 1.74. The Hall–Kier alpha value is -3.49. The molecule has 0 aliphatic carbocycles. The molecule has 4 aromatic rings. The number of rotatable bonds is 12. The van der Waals surface area contributed by atoms with Gasteiger partial charge in [0, 0.05) is 24.8 Å². The van der Waals surface area contributed by atoms with Crippen molar-refractivity contribution in [1.29, 1.82) is 0 Å². The topological polar surface area (TPSA) is 69.5 Å². The number of likely N-dealkylation sites (N-methyl/N-ethyl adjacent to an activating group) is 1. The molecule has 8 heteroatoms. The lowest BCUT2D eigenvalue weighted by Crippen LogP contribution is -2.23. The first-order chi connectivity index (χ1) is 17.4. The predicted octanol–water partition coefficient (Wildman–Crippen LogP) is 4.73. The summed E-state index contributed by atoms with van der Waals surface area (Å²) in [5.41, 5.74) is 2.03. The summed E-state index contributed by atoms with van der Waals surface area (Å²) in [5, 5.41) is 0.253. The van der Waals surface area contributed by atoms with Crippen molar-refractivity contribution in [3.8, 4) is 17.2 Å². The fourth-order valence-corrected chi connectivity index (χ4v) is 5.49. The largest absolute Gasteiger partial charge is 0.494 e. The van der Waals surface area contributed by atoms with E-state index in [2.05, 4.69) is 18.0 Å². The molecule has 0 aliphatic heterocycles. The zero-order valence-corrected chi connectivity index (χ0v) is 21.7. The molecule has 0 saturated carbocycles. The molecule has 0 saturated heterocycles. The van der Waals surface area contributed by atoms with E-state index >= 15 is 0 Å². The third-order valence-electron chi connectivity index (χ3n) is 6.12. The summed E-state index contributed by atoms with van der Waals surface area (Å²) < 4.78 is 44.4. The molecule has 0 atom stereocenters. The molecule has 2 heterocycles. The van der Waals surface area contributed by atoms with Crippen LogP contribution in [0.25, 0.3) is 5.52 Å². The first kappa shape index (κ1) is 25.6. The zero-order chi connectivity index (χ0) is 25.5. The second-order valence-corrected chi connectivity index (χ2v) is 10.5. The maximum atomic E-state index is 13.1. The van der Waals surface area contributed by atoms with Crippen molar-refractivity contribution in [3.63, 3.8) is 0 Å². The Morgan fingerprint density at radius 3 is 2.39 bits per heavy atom. The standard InChI is InChI=1S/C28H32N2O5S/c1-29(19-16-22-8-14-26(33-2)27(21-22)34-3)17-6-20-35-24-10-12-25(13-11-24)36(31,32)28-15-9-23-7-4-5-18-30(23)28/h4-5,7-15,18,21H,6,16-17,19-20H2,1-3H3. The molecule has 0 N–H and O–H groups in total. The van der Waals surface area contributed by atoms with Crippen molar-refractivity contribution in [3.05, 3.63) is 84.6 Å². The highest BCUT2D eigenvalue weighted by Crippen LogP contribution is 2.28. The molecule has 2 aromatic heterocycles. The van der Waals surface area contributed by atoms with Crippen LogP contribution >= 0.6 is 0 Å². The van der Waals surface area contributed by atoms with E-state index in [9.17, 15) is 8.42 Å². The van der Waals surface area contributed by atoms with E-state index in [4.69, 9.17) is 14.2 Å². The van der Waals surface area contributed by atoms with Crippen LogP contribution in [0.15, 0.2) is 88.9 Å². The highest BCUT2D eigenvalue weighted by molar-refractivity contribution is 7.91. The Morgan fingerprint density at radius 1 is 0.861 bits per heavy atom. The molecule has 190 valence electrons. The lowest BCUT2D eigenvalue weighted by atomic mass is 10.1. The summed E-state index contributed by atoms with van der Waals surface area (Å²) in [6, 6.07) is 21.6. The number of hydrogen-bond acceptors (Lipinski definition) is 6. The zero-order valence-electron chi connectivity index (χ0n) is 20.9. The Labute approximate surface area is 212 Å². The van der Waals surface area contributed by atoms with Gasteiger partial charge in [-0.1, -0.05) is 12.1 Å². The van der Waals surface area contributed by atoms with E-state index in [0.29, 0.717) is 12.4 Å². The van der Waals surface area contributed by atoms with Gasteiger partial charge in [-0.05, 0) is 86.1 Å². The lowest BCUT2D eigenvalue weighted by molar-refractivity contribution is 0.264. The lowest BCUT2D eigenvalue weighted by Gasteiger charge is -2.17. The molecule has 0 radical (unpaired) electrons. The number of methoxy groups -OCH3 is 2. The summed E-state index contributed by atoms with van der Waals surface area (Å²) in [5.74, 6) is 2.13. The molecule has 4 rings (SSSR count). The average Bonchev–Trinajstić information content (AvgIpc) is 3.35. The van der Waals surface area contributed by atoms with Crippen LogP contribution in [0.1, 0.15) is 12.0 Å². The van der Waals surface area contributed by atoms with Gasteiger partial charge in [-0.2, -0.15) is 0 Å². The number of fused-ring (bicyclic) bond motifs is 1. The van der Waals surface area contributed by atoms with Gasteiger partial charge in [0.15, 0.2) is 11.5 Å². The summed E-state index contributed by atoms with van der Waals surface area (Å²) in [4.78, 5) is 2.51. The smallest absolute Gasteiger partial charge is 0.222 e. The Bertz CT molecular complexity index is 1400. The van der Waals surface area contributed by atoms with Crippen LogP contribution in [0.2, 0.25) is 0 Å². The maximum Gasteiger partial charge on any atom is 0.222 e. The molecule has 2 aromatic carbocycles. The van der Waals surface area contributed by atoms with Gasteiger partial charge in [0.25, 0.3) is 0 Å². The number of ether oxygens (including phenoxy) is 3. The third kappa shape index (κ3) is 5.83. The van der Waals surface area contributed by atoms with E-state index in [1.807, 2.05) is 30.3 Å². The maximum absolute atomic E-state index is 13.1. The summed E-state index contributed by atoms with van der Waals surface area (Å²) in [6.45, 7) is 2.35. The van der Waals surface area contributed by atoms with Crippen LogP contribution < -0.4 is 14.2 Å². The second-order valence-electron chi connectivity index (χ2n) is 8.59. The number of sulfone groups is 1. The summed E-state index contributed by atoms with van der Waals surface area (Å²) in [6.07, 6.45) is 3.52. The van der Waals surface area contributed by atoms with Gasteiger partial charge in [-0.25, -0.2) is 8.42 Å². The molecular formula is C28H32N2O5S. The third-order valence-corrected chi connectivity index (χ3v) is 7.89. The number of benzene rings is 2. The minimum Gasteiger partial charge on any atom is -0.494 e. The fraction of sp³-hybridized carbons (Fsp3) is 0.286. The van der Waals surface area contributed by atoms with Gasteiger partial charge in [0.1, 0.15) is 10.8 Å². The van der Waals surface area contributed by atoms with Crippen molar-refractivity contribution in [2.24, 2.45) is 0 Å². The Morgan fingerprint density at radius 2 is 1.64 bits per heavy atom. The Balaban J connectivity index is 1.24. The van der Waals surface area contributed by atoms with E-state index in [0.717, 1.165) is 42.9 Å². The van der Waals surface area contributed by atoms with Crippen molar-refractivity contribution in [2.45, 2.75) is 22.8 Å². The van der Waals surface area contributed by atoms with Gasteiger partial charge in [-0.15, -0.1) is 0 Å². The number of aromatic nitrogens is 1. The van der Waals surface area contributed by atoms with Crippen LogP contribution in [0.5, 0.6) is 17.2 Å². The van der Waals surface area contributed by atoms with Crippen molar-refractivity contribution in [1.82, 2.24) is 9.30 Å². The molecule has 0 unspecified atom stereocenters. The van der Waals surface area contributed by atoms with Crippen LogP contribution in [0, 0.1) is 0 Å². The monoisotopic (exact) mass is 508 g/mol. The van der Waals surface area contributed by atoms with E-state index < -0.39 is 9.84 Å². The first-order valence-electron chi connectivity index (χ1n) is 11.9. The second kappa shape index (κ2) is 11.5. The van der Waals surface area contributed by atoms with Crippen molar-refractivity contribution >= 4 is 15.4 Å². The van der Waals surface area contributed by atoms with E-state index in [1.54, 1.807) is 61.2 Å². The van der Waals surface area contributed by atoms with E-state index in [-0.39, 0.29) is 9.92 Å². The highest BCUT2D eigenvalue weighted by Gasteiger charge is 2.21. The minimum atomic E-state index is -3.63. The van der Waals surface area contributed by atoms with Crippen molar-refractivity contribution < 1.29 is 22.6 Å². The van der Waals surface area contributed by atoms with Gasteiger partial charge >= 0.3 is 0 Å².